The van der Waals surface area contributed by atoms with Crippen LogP contribution in [0.25, 0.3) is 22.5 Å². The fraction of sp³-hybridized carbons (Fsp3) is 0.111. The molecule has 3 aromatic carbocycles. The summed E-state index contributed by atoms with van der Waals surface area (Å²) in [4.78, 5) is 19.4. The molecule has 6 nitrogen and oxygen atoms in total. The minimum absolute atomic E-state index is 0.0355. The quantitative estimate of drug-likeness (QED) is 0.453. The van der Waals surface area contributed by atoms with Crippen molar-refractivity contribution >= 4 is 28.6 Å². The third-order valence-electron chi connectivity index (χ3n) is 5.94. The fourth-order valence-corrected chi connectivity index (χ4v) is 4.13. The number of anilines is 2. The van der Waals surface area contributed by atoms with Crippen LogP contribution in [0, 0.1) is 0 Å². The lowest BCUT2D eigenvalue weighted by Crippen LogP contribution is -2.21. The number of likely N-dealkylation sites (N-methyl/N-ethyl adjacent to an activating group) is 1. The van der Waals surface area contributed by atoms with Crippen molar-refractivity contribution in [1.82, 2.24) is 9.55 Å². The highest BCUT2D eigenvalue weighted by atomic mass is 16.2. The zero-order valence-electron chi connectivity index (χ0n) is 18.6. The van der Waals surface area contributed by atoms with Crippen LogP contribution in [0.2, 0.25) is 0 Å². The van der Waals surface area contributed by atoms with Gasteiger partial charge in [-0.2, -0.15) is 0 Å². The van der Waals surface area contributed by atoms with Crippen molar-refractivity contribution in [2.75, 3.05) is 17.3 Å². The summed E-state index contributed by atoms with van der Waals surface area (Å²) in [5.41, 5.74) is 13.8. The molecule has 0 aliphatic carbocycles. The molecule has 3 N–H and O–H groups in total. The van der Waals surface area contributed by atoms with E-state index in [0.717, 1.165) is 45.0 Å². The molecule has 6 heteroatoms. The zero-order valence-corrected chi connectivity index (χ0v) is 18.6. The lowest BCUT2D eigenvalue weighted by atomic mass is 9.99. The standard InChI is InChI=1S/C27H25N5O/c1-31-16-23(29-17-31)19-11-13-21(14-12-19)30-26(20-9-7-18(15-28)8-10-20)25-22-5-3-4-6-24(22)32(2)27(25)33/h3-14,16-17,30H,15,28H2,1-2H3/b26-25-. The summed E-state index contributed by atoms with van der Waals surface area (Å²) in [5.74, 6) is -0.0355. The topological polar surface area (TPSA) is 76.2 Å². The monoisotopic (exact) mass is 435 g/mol. The van der Waals surface area contributed by atoms with E-state index in [1.54, 1.807) is 11.2 Å². The predicted molar refractivity (Wildman–Crippen MR) is 133 cm³/mol. The summed E-state index contributed by atoms with van der Waals surface area (Å²) in [6.07, 6.45) is 3.77. The lowest BCUT2D eigenvalue weighted by molar-refractivity contribution is -0.112. The minimum atomic E-state index is -0.0355. The highest BCUT2D eigenvalue weighted by Gasteiger charge is 2.32. The molecule has 4 aromatic rings. The molecule has 0 bridgehead atoms. The lowest BCUT2D eigenvalue weighted by Gasteiger charge is -2.16. The average Bonchev–Trinajstić information content (AvgIpc) is 3.39. The van der Waals surface area contributed by atoms with Gasteiger partial charge in [0, 0.05) is 43.7 Å². The first-order valence-corrected chi connectivity index (χ1v) is 10.8. The van der Waals surface area contributed by atoms with Gasteiger partial charge < -0.3 is 20.5 Å². The molecule has 0 saturated heterocycles. The fourth-order valence-electron chi connectivity index (χ4n) is 4.13. The second-order valence-electron chi connectivity index (χ2n) is 8.16. The number of aromatic nitrogens is 2. The van der Waals surface area contributed by atoms with Crippen LogP contribution in [-0.4, -0.2) is 22.5 Å². The summed E-state index contributed by atoms with van der Waals surface area (Å²) < 4.78 is 1.93. The van der Waals surface area contributed by atoms with Gasteiger partial charge in [0.05, 0.1) is 29.0 Å². The smallest absolute Gasteiger partial charge is 0.260 e. The summed E-state index contributed by atoms with van der Waals surface area (Å²) in [5, 5.41) is 3.53. The maximum absolute atomic E-state index is 13.3. The van der Waals surface area contributed by atoms with Crippen LogP contribution in [0.1, 0.15) is 16.7 Å². The van der Waals surface area contributed by atoms with E-state index in [2.05, 4.69) is 10.3 Å². The summed E-state index contributed by atoms with van der Waals surface area (Å²) in [6.45, 7) is 0.471. The number of carbonyl (C=O) groups is 1. The number of aryl methyl sites for hydroxylation is 1. The molecule has 0 radical (unpaired) electrons. The largest absolute Gasteiger partial charge is 0.354 e. The third kappa shape index (κ3) is 3.81. The Labute approximate surface area is 193 Å². The Balaban J connectivity index is 1.59. The van der Waals surface area contributed by atoms with Crippen LogP contribution in [-0.2, 0) is 18.4 Å². The Morgan fingerprint density at radius 1 is 0.970 bits per heavy atom. The first-order chi connectivity index (χ1) is 16.0. The van der Waals surface area contributed by atoms with Gasteiger partial charge in [-0.25, -0.2) is 4.98 Å². The van der Waals surface area contributed by atoms with Crippen LogP contribution in [0.15, 0.2) is 85.3 Å². The molecule has 1 aromatic heterocycles. The van der Waals surface area contributed by atoms with Crippen molar-refractivity contribution < 1.29 is 4.79 Å². The van der Waals surface area contributed by atoms with Crippen LogP contribution < -0.4 is 16.0 Å². The number of nitrogens with zero attached hydrogens (tertiary/aromatic N) is 3. The number of hydrogen-bond donors (Lipinski definition) is 2. The van der Waals surface area contributed by atoms with E-state index in [0.29, 0.717) is 12.1 Å². The molecular weight excluding hydrogens is 410 g/mol. The van der Waals surface area contributed by atoms with Crippen molar-refractivity contribution in [3.63, 3.8) is 0 Å². The Morgan fingerprint density at radius 3 is 2.36 bits per heavy atom. The summed E-state index contributed by atoms with van der Waals surface area (Å²) in [7, 11) is 3.76. The van der Waals surface area contributed by atoms with Gasteiger partial charge in [-0.05, 0) is 29.3 Å². The number of benzene rings is 3. The molecular formula is C27H25N5O. The molecule has 0 saturated carbocycles. The van der Waals surface area contributed by atoms with E-state index < -0.39 is 0 Å². The van der Waals surface area contributed by atoms with Crippen molar-refractivity contribution in [2.24, 2.45) is 12.8 Å². The van der Waals surface area contributed by atoms with Gasteiger partial charge in [-0.15, -0.1) is 0 Å². The highest BCUT2D eigenvalue weighted by Crippen LogP contribution is 2.40. The molecule has 164 valence electrons. The SMILES string of the molecule is CN1C(=O)/C(=C(\Nc2ccc(-c3cn(C)cn3)cc2)c2ccc(CN)cc2)c2ccccc21. The van der Waals surface area contributed by atoms with E-state index in [1.165, 1.54) is 0 Å². The van der Waals surface area contributed by atoms with Gasteiger partial charge in [-0.1, -0.05) is 54.6 Å². The summed E-state index contributed by atoms with van der Waals surface area (Å²) in [6, 6.07) is 24.0. The molecule has 33 heavy (non-hydrogen) atoms. The highest BCUT2D eigenvalue weighted by molar-refractivity contribution is 6.38. The van der Waals surface area contributed by atoms with Gasteiger partial charge in [0.15, 0.2) is 0 Å². The maximum atomic E-state index is 13.3. The molecule has 0 spiro atoms. The predicted octanol–water partition coefficient (Wildman–Crippen LogP) is 4.50. The number of hydrogen-bond acceptors (Lipinski definition) is 4. The molecule has 0 unspecified atom stereocenters. The first kappa shape index (κ1) is 20.7. The number of nitrogens with two attached hydrogens (primary N) is 1. The molecule has 1 amide bonds. The van der Waals surface area contributed by atoms with Gasteiger partial charge in [0.25, 0.3) is 5.91 Å². The number of carbonyl (C=O) groups excluding carboxylic acids is 1. The van der Waals surface area contributed by atoms with Gasteiger partial charge in [0.1, 0.15) is 0 Å². The third-order valence-corrected chi connectivity index (χ3v) is 5.94. The molecule has 2 heterocycles. The van der Waals surface area contributed by atoms with Gasteiger partial charge >= 0.3 is 0 Å². The minimum Gasteiger partial charge on any atom is -0.354 e. The Hall–Kier alpha value is -4.16. The number of para-hydroxylation sites is 1. The van der Waals surface area contributed by atoms with Crippen LogP contribution in [0.5, 0.6) is 0 Å². The second-order valence-corrected chi connectivity index (χ2v) is 8.16. The number of amides is 1. The molecule has 0 fully saturated rings. The average molecular weight is 436 g/mol. The van der Waals surface area contributed by atoms with Gasteiger partial charge in [-0.3, -0.25) is 4.79 Å². The second kappa shape index (κ2) is 8.41. The maximum Gasteiger partial charge on any atom is 0.260 e. The molecule has 0 atom stereocenters. The number of fused-ring (bicyclic) bond motifs is 1. The van der Waals surface area contributed by atoms with Crippen molar-refractivity contribution in [2.45, 2.75) is 6.54 Å². The number of imidazole rings is 1. The van der Waals surface area contributed by atoms with E-state index in [1.807, 2.05) is 97.7 Å². The Bertz CT molecular complexity index is 1350. The van der Waals surface area contributed by atoms with Gasteiger partial charge in [0.2, 0.25) is 0 Å². The summed E-state index contributed by atoms with van der Waals surface area (Å²) >= 11 is 0. The van der Waals surface area contributed by atoms with E-state index in [4.69, 9.17) is 5.73 Å². The Morgan fingerprint density at radius 2 is 1.70 bits per heavy atom. The normalized spacial score (nSPS) is 14.4. The van der Waals surface area contributed by atoms with Crippen molar-refractivity contribution in [3.05, 3.63) is 102 Å². The first-order valence-electron chi connectivity index (χ1n) is 10.8. The van der Waals surface area contributed by atoms with Crippen LogP contribution in [0.3, 0.4) is 0 Å². The van der Waals surface area contributed by atoms with Crippen LogP contribution in [0.4, 0.5) is 11.4 Å². The Kier molecular flexibility index (Phi) is 5.28. The molecule has 1 aliphatic rings. The van der Waals surface area contributed by atoms with Crippen molar-refractivity contribution in [1.29, 1.82) is 0 Å². The van der Waals surface area contributed by atoms with Crippen LogP contribution >= 0.6 is 0 Å². The van der Waals surface area contributed by atoms with E-state index in [9.17, 15) is 4.79 Å². The van der Waals surface area contributed by atoms with E-state index in [-0.39, 0.29) is 5.91 Å². The van der Waals surface area contributed by atoms with E-state index >= 15 is 0 Å². The number of nitrogens with one attached hydrogen (secondary N) is 1. The number of rotatable bonds is 5. The molecule has 1 aliphatic heterocycles. The molecule has 5 rings (SSSR count). The zero-order chi connectivity index (χ0) is 22.9. The van der Waals surface area contributed by atoms with Crippen molar-refractivity contribution in [3.8, 4) is 11.3 Å².